The number of ether oxygens (including phenoxy) is 2. The summed E-state index contributed by atoms with van der Waals surface area (Å²) in [5.41, 5.74) is 6.75. The molecule has 0 aromatic heterocycles. The van der Waals surface area contributed by atoms with Crippen molar-refractivity contribution in [2.45, 2.75) is 20.3 Å². The average molecular weight is 509 g/mol. The Bertz CT molecular complexity index is 796. The van der Waals surface area contributed by atoms with Crippen molar-refractivity contribution < 1.29 is 22.6 Å². The Kier molecular flexibility index (Phi) is 9.91. The molecule has 0 heterocycles. The van der Waals surface area contributed by atoms with Gasteiger partial charge in [-0.25, -0.2) is 13.2 Å². The zero-order valence-corrected chi connectivity index (χ0v) is 17.9. The number of halogens is 4. The van der Waals surface area contributed by atoms with Gasteiger partial charge in [0.1, 0.15) is 11.5 Å². The van der Waals surface area contributed by atoms with Gasteiger partial charge < -0.3 is 20.5 Å². The summed E-state index contributed by atoms with van der Waals surface area (Å²) in [6.45, 7) is 4.89. The highest BCUT2D eigenvalue weighted by atomic mass is 127. The molecule has 0 atom stereocenters. The summed E-state index contributed by atoms with van der Waals surface area (Å²) in [6.07, 6.45) is 0.202. The fraction of sp³-hybridized carbons (Fsp3) is 0.316. The van der Waals surface area contributed by atoms with Gasteiger partial charge in [0.05, 0.1) is 18.9 Å². The van der Waals surface area contributed by atoms with Crippen molar-refractivity contribution in [3.8, 4) is 11.5 Å². The van der Waals surface area contributed by atoms with Gasteiger partial charge in [0, 0.05) is 12.6 Å². The van der Waals surface area contributed by atoms with E-state index < -0.39 is 17.5 Å². The second kappa shape index (κ2) is 11.6. The molecule has 3 N–H and O–H groups in total. The molecule has 2 aromatic carbocycles. The monoisotopic (exact) mass is 509 g/mol. The topological polar surface area (TPSA) is 68.9 Å². The second-order valence-electron chi connectivity index (χ2n) is 5.54. The Labute approximate surface area is 179 Å². The molecule has 2 rings (SSSR count). The van der Waals surface area contributed by atoms with E-state index in [9.17, 15) is 13.2 Å². The lowest BCUT2D eigenvalue weighted by molar-refractivity contribution is 0.332. The molecule has 5 nitrogen and oxygen atoms in total. The van der Waals surface area contributed by atoms with E-state index in [1.54, 1.807) is 18.2 Å². The Balaban J connectivity index is 0.00000392. The van der Waals surface area contributed by atoms with Crippen molar-refractivity contribution in [1.29, 1.82) is 0 Å². The van der Waals surface area contributed by atoms with E-state index in [-0.39, 0.29) is 48.5 Å². The number of nitrogens with two attached hydrogens (primary N) is 1. The van der Waals surface area contributed by atoms with Gasteiger partial charge in [0.25, 0.3) is 0 Å². The summed E-state index contributed by atoms with van der Waals surface area (Å²) in [6, 6.07) is 7.16. The largest absolute Gasteiger partial charge is 0.494 e. The number of hydrogen-bond donors (Lipinski definition) is 2. The molecular weight excluding hydrogens is 486 g/mol. The van der Waals surface area contributed by atoms with Crippen LogP contribution in [0.5, 0.6) is 11.5 Å². The van der Waals surface area contributed by atoms with Crippen LogP contribution in [0.3, 0.4) is 0 Å². The molecule has 0 fully saturated rings. The summed E-state index contributed by atoms with van der Waals surface area (Å²) >= 11 is 0. The highest BCUT2D eigenvalue weighted by Crippen LogP contribution is 2.29. The van der Waals surface area contributed by atoms with Crippen LogP contribution in [-0.4, -0.2) is 25.7 Å². The number of hydrogen-bond acceptors (Lipinski definition) is 3. The Hall–Kier alpha value is -2.17. The van der Waals surface area contributed by atoms with Gasteiger partial charge in [0.2, 0.25) is 0 Å². The van der Waals surface area contributed by atoms with Gasteiger partial charge in [0.15, 0.2) is 23.4 Å². The first-order valence-corrected chi connectivity index (χ1v) is 8.54. The minimum absolute atomic E-state index is 0. The maximum Gasteiger partial charge on any atom is 0.194 e. The van der Waals surface area contributed by atoms with E-state index in [0.717, 1.165) is 12.1 Å². The number of nitrogens with one attached hydrogen (secondary N) is 1. The lowest BCUT2D eigenvalue weighted by Gasteiger charge is -2.14. The molecule has 0 saturated carbocycles. The number of guanidine groups is 1. The van der Waals surface area contributed by atoms with Gasteiger partial charge in [-0.15, -0.1) is 24.0 Å². The van der Waals surface area contributed by atoms with Gasteiger partial charge >= 0.3 is 0 Å². The van der Waals surface area contributed by atoms with E-state index in [1.807, 2.05) is 13.8 Å². The van der Waals surface area contributed by atoms with Crippen molar-refractivity contribution in [2.75, 3.05) is 25.1 Å². The molecule has 2 aromatic rings. The first-order chi connectivity index (χ1) is 12.9. The van der Waals surface area contributed by atoms with Crippen LogP contribution in [-0.2, 0) is 6.42 Å². The standard InChI is InChI=1S/C19H22F3N3O2.HI/c1-3-26-13-5-6-17(27-4-2)16(11-13)25-19(23)24-8-7-12-9-14(20)18(22)15(21)10-12;/h5-6,9-11H,3-4,7-8H2,1-2H3,(H3,23,24,25);1H. The van der Waals surface area contributed by atoms with Crippen LogP contribution in [0.1, 0.15) is 19.4 Å². The summed E-state index contributed by atoms with van der Waals surface area (Å²) in [7, 11) is 0. The number of nitrogens with zero attached hydrogens (tertiary/aromatic N) is 1. The molecule has 9 heteroatoms. The molecule has 0 amide bonds. The first-order valence-electron chi connectivity index (χ1n) is 8.54. The molecule has 0 aliphatic heterocycles. The van der Waals surface area contributed by atoms with Crippen LogP contribution in [0.2, 0.25) is 0 Å². The molecule has 154 valence electrons. The summed E-state index contributed by atoms with van der Waals surface area (Å²) < 4.78 is 50.4. The fourth-order valence-electron chi connectivity index (χ4n) is 2.38. The Morgan fingerprint density at radius 3 is 2.29 bits per heavy atom. The molecular formula is C19H23F3IN3O2. The number of benzene rings is 2. The molecule has 28 heavy (non-hydrogen) atoms. The third-order valence-corrected chi connectivity index (χ3v) is 3.55. The minimum Gasteiger partial charge on any atom is -0.494 e. The highest BCUT2D eigenvalue weighted by Gasteiger charge is 2.10. The van der Waals surface area contributed by atoms with E-state index in [0.29, 0.717) is 30.4 Å². The summed E-state index contributed by atoms with van der Waals surface area (Å²) in [4.78, 5) is 4.12. The third-order valence-electron chi connectivity index (χ3n) is 3.55. The molecule has 0 unspecified atom stereocenters. The lowest BCUT2D eigenvalue weighted by atomic mass is 10.1. The molecule has 0 radical (unpaired) electrons. The lowest BCUT2D eigenvalue weighted by Crippen LogP contribution is -2.23. The molecule has 0 aliphatic carbocycles. The zero-order valence-electron chi connectivity index (χ0n) is 15.6. The smallest absolute Gasteiger partial charge is 0.194 e. The minimum atomic E-state index is -1.49. The van der Waals surface area contributed by atoms with E-state index in [1.165, 1.54) is 0 Å². The van der Waals surface area contributed by atoms with Gasteiger partial charge in [-0.2, -0.15) is 0 Å². The maximum absolute atomic E-state index is 13.2. The second-order valence-corrected chi connectivity index (χ2v) is 5.54. The van der Waals surface area contributed by atoms with Crippen LogP contribution in [0.25, 0.3) is 0 Å². The van der Waals surface area contributed by atoms with Crippen LogP contribution in [0.15, 0.2) is 35.3 Å². The SMILES string of the molecule is CCOc1ccc(OCC)c(NC(N)=NCCc2cc(F)c(F)c(F)c2)c1.I. The van der Waals surface area contributed by atoms with E-state index >= 15 is 0 Å². The molecule has 0 bridgehead atoms. The van der Waals surface area contributed by atoms with Crippen LogP contribution in [0.4, 0.5) is 18.9 Å². The van der Waals surface area contributed by atoms with Crippen molar-refractivity contribution in [2.24, 2.45) is 10.7 Å². The predicted octanol–water partition coefficient (Wildman–Crippen LogP) is 4.49. The zero-order chi connectivity index (χ0) is 19.8. The average Bonchev–Trinajstić information content (AvgIpc) is 2.62. The maximum atomic E-state index is 13.2. The molecule has 0 aliphatic rings. The number of anilines is 1. The predicted molar refractivity (Wildman–Crippen MR) is 114 cm³/mol. The number of rotatable bonds is 8. The van der Waals surface area contributed by atoms with Gasteiger partial charge in [-0.05, 0) is 50.1 Å². The van der Waals surface area contributed by atoms with Crippen LogP contribution < -0.4 is 20.5 Å². The first kappa shape index (κ1) is 23.9. The quantitative estimate of drug-likeness (QED) is 0.238. The molecule has 0 spiro atoms. The van der Waals surface area contributed by atoms with Crippen LogP contribution >= 0.6 is 24.0 Å². The van der Waals surface area contributed by atoms with Crippen molar-refractivity contribution in [1.82, 2.24) is 0 Å². The van der Waals surface area contributed by atoms with Crippen molar-refractivity contribution in [3.63, 3.8) is 0 Å². The van der Waals surface area contributed by atoms with E-state index in [2.05, 4.69) is 10.3 Å². The van der Waals surface area contributed by atoms with Crippen LogP contribution in [0, 0.1) is 17.5 Å². The van der Waals surface area contributed by atoms with Crippen molar-refractivity contribution >= 4 is 35.6 Å². The third kappa shape index (κ3) is 6.77. The Morgan fingerprint density at radius 1 is 1.04 bits per heavy atom. The highest BCUT2D eigenvalue weighted by molar-refractivity contribution is 14.0. The van der Waals surface area contributed by atoms with E-state index in [4.69, 9.17) is 15.2 Å². The molecule has 0 saturated heterocycles. The van der Waals surface area contributed by atoms with Gasteiger partial charge in [-0.3, -0.25) is 4.99 Å². The van der Waals surface area contributed by atoms with Crippen molar-refractivity contribution in [3.05, 3.63) is 53.3 Å². The Morgan fingerprint density at radius 2 is 1.68 bits per heavy atom. The summed E-state index contributed by atoms with van der Waals surface area (Å²) in [5, 5.41) is 2.93. The normalized spacial score (nSPS) is 11.0. The van der Waals surface area contributed by atoms with Gasteiger partial charge in [-0.1, -0.05) is 0 Å². The summed E-state index contributed by atoms with van der Waals surface area (Å²) in [5.74, 6) is -2.60. The fourth-order valence-corrected chi connectivity index (χ4v) is 2.38. The number of aliphatic imine (C=N–C) groups is 1.